The summed E-state index contributed by atoms with van der Waals surface area (Å²) in [5.41, 5.74) is 3.83. The highest BCUT2D eigenvalue weighted by Crippen LogP contribution is 2.44. The van der Waals surface area contributed by atoms with Gasteiger partial charge < -0.3 is 27.5 Å². The minimum Gasteiger partial charge on any atom is -0.415 e. The van der Waals surface area contributed by atoms with E-state index in [1.165, 1.54) is 17.0 Å². The number of ether oxygens (including phenoxy) is 1. The van der Waals surface area contributed by atoms with Crippen LogP contribution in [0.15, 0.2) is 54.6 Å². The summed E-state index contributed by atoms with van der Waals surface area (Å²) in [4.78, 5) is 2.26. The number of aryl methyl sites for hydroxylation is 1. The fourth-order valence-corrected chi connectivity index (χ4v) is 10.7. The maximum atomic E-state index is 13.5. The van der Waals surface area contributed by atoms with E-state index in [1.807, 2.05) is 18.2 Å². The standard InChI is InChI=1S/C36H57FO6SSi4/c1-25-14-17-28(22-27(25)23-30-20-21-32(44-30)26-15-18-29(37)19-16-26)36(38)35(43-48(11,12)13)34(42-47(8,9)10)33(41-46(5,6)7)31(40-36)24-39-45(2,3)4/h14-22,31,33-35,38H,23-24H2,1-13H3/t31-,33-,34+,35+,36+/m1/s1. The van der Waals surface area contributed by atoms with Crippen LogP contribution in [0, 0.1) is 12.7 Å². The van der Waals surface area contributed by atoms with Gasteiger partial charge in [0.25, 0.3) is 0 Å². The van der Waals surface area contributed by atoms with Crippen molar-refractivity contribution in [3.8, 4) is 10.4 Å². The Bertz CT molecular complexity index is 1520. The lowest BCUT2D eigenvalue weighted by Gasteiger charge is -2.54. The number of benzene rings is 2. The second kappa shape index (κ2) is 14.7. The highest BCUT2D eigenvalue weighted by molar-refractivity contribution is 7.15. The van der Waals surface area contributed by atoms with Crippen LogP contribution in [0.25, 0.3) is 10.4 Å². The monoisotopic (exact) mass is 748 g/mol. The predicted octanol–water partition coefficient (Wildman–Crippen LogP) is 9.51. The van der Waals surface area contributed by atoms with Crippen molar-refractivity contribution in [1.29, 1.82) is 0 Å². The fraction of sp³-hybridized carbons (Fsp3) is 0.556. The van der Waals surface area contributed by atoms with Crippen LogP contribution in [0.3, 0.4) is 0 Å². The van der Waals surface area contributed by atoms with Gasteiger partial charge in [0, 0.05) is 21.7 Å². The molecule has 4 rings (SSSR count). The zero-order valence-electron chi connectivity index (χ0n) is 31.2. The molecule has 6 nitrogen and oxygen atoms in total. The Kier molecular flexibility index (Phi) is 12.1. The summed E-state index contributed by atoms with van der Waals surface area (Å²) in [6.45, 7) is 28.2. The first-order chi connectivity index (χ1) is 21.9. The molecule has 1 aliphatic rings. The van der Waals surface area contributed by atoms with E-state index >= 15 is 0 Å². The smallest absolute Gasteiger partial charge is 0.221 e. The van der Waals surface area contributed by atoms with Crippen molar-refractivity contribution in [3.05, 3.63) is 82.0 Å². The Hall–Kier alpha value is -1.30. The van der Waals surface area contributed by atoms with Crippen LogP contribution in [-0.4, -0.2) is 69.4 Å². The van der Waals surface area contributed by atoms with Gasteiger partial charge in [0.2, 0.25) is 5.79 Å². The topological polar surface area (TPSA) is 66.4 Å². The molecule has 1 aromatic heterocycles. The first kappa shape index (κ1) is 39.5. The Morgan fingerprint density at radius 1 is 0.750 bits per heavy atom. The summed E-state index contributed by atoms with van der Waals surface area (Å²) < 4.78 is 47.7. The van der Waals surface area contributed by atoms with Gasteiger partial charge in [-0.25, -0.2) is 4.39 Å². The molecule has 1 N–H and O–H groups in total. The molecule has 2 aromatic carbocycles. The summed E-state index contributed by atoms with van der Waals surface area (Å²) in [6.07, 6.45) is -1.74. The van der Waals surface area contributed by atoms with Gasteiger partial charge in [0.15, 0.2) is 33.3 Å². The lowest BCUT2D eigenvalue weighted by atomic mass is 9.86. The van der Waals surface area contributed by atoms with Crippen molar-refractivity contribution in [2.24, 2.45) is 0 Å². The van der Waals surface area contributed by atoms with Crippen molar-refractivity contribution < 1.29 is 31.9 Å². The van der Waals surface area contributed by atoms with Crippen LogP contribution < -0.4 is 0 Å². The van der Waals surface area contributed by atoms with E-state index < -0.39 is 63.5 Å². The van der Waals surface area contributed by atoms with Crippen molar-refractivity contribution in [3.63, 3.8) is 0 Å². The van der Waals surface area contributed by atoms with Crippen LogP contribution in [0.2, 0.25) is 78.6 Å². The van der Waals surface area contributed by atoms with Gasteiger partial charge in [-0.05, 0) is 133 Å². The van der Waals surface area contributed by atoms with Gasteiger partial charge in [0.05, 0.1) is 6.61 Å². The average Bonchev–Trinajstić information content (AvgIpc) is 3.39. The molecule has 48 heavy (non-hydrogen) atoms. The molecule has 0 radical (unpaired) electrons. The molecule has 0 amide bonds. The zero-order chi connectivity index (χ0) is 35.9. The summed E-state index contributed by atoms with van der Waals surface area (Å²) in [5, 5.41) is 13.0. The SMILES string of the molecule is Cc1ccc([C@]2(O)O[C@H](CO[Si](C)(C)C)[C@@H](O[Si](C)(C)C)[C@H](O[Si](C)(C)C)[C@@H]2O[Si](C)(C)C)cc1Cc1ccc(-c2ccc(F)cc2)s1. The van der Waals surface area contributed by atoms with Crippen LogP contribution in [0.5, 0.6) is 0 Å². The maximum absolute atomic E-state index is 13.5. The highest BCUT2D eigenvalue weighted by Gasteiger charge is 2.59. The van der Waals surface area contributed by atoms with E-state index in [2.05, 4.69) is 110 Å². The number of halogens is 1. The molecule has 2 heterocycles. The predicted molar refractivity (Wildman–Crippen MR) is 206 cm³/mol. The molecule has 266 valence electrons. The van der Waals surface area contributed by atoms with E-state index in [0.29, 0.717) is 18.6 Å². The number of thiophene rings is 1. The van der Waals surface area contributed by atoms with Gasteiger partial charge in [0.1, 0.15) is 30.2 Å². The third-order valence-electron chi connectivity index (χ3n) is 7.76. The van der Waals surface area contributed by atoms with Gasteiger partial charge in [-0.15, -0.1) is 11.3 Å². The molecule has 0 aliphatic carbocycles. The van der Waals surface area contributed by atoms with Crippen molar-refractivity contribution in [2.75, 3.05) is 6.61 Å². The molecule has 1 aliphatic heterocycles. The molecule has 0 saturated carbocycles. The molecule has 1 fully saturated rings. The quantitative estimate of drug-likeness (QED) is 0.176. The third-order valence-corrected chi connectivity index (χ3v) is 12.9. The van der Waals surface area contributed by atoms with E-state index in [9.17, 15) is 9.50 Å². The maximum Gasteiger partial charge on any atom is 0.221 e. The third kappa shape index (κ3) is 10.8. The number of hydrogen-bond acceptors (Lipinski definition) is 7. The normalized spacial score (nSPS) is 24.2. The van der Waals surface area contributed by atoms with Crippen molar-refractivity contribution in [2.45, 2.75) is 122 Å². The fourth-order valence-electron chi connectivity index (χ4n) is 5.80. The molecule has 0 bridgehead atoms. The molecule has 12 heteroatoms. The summed E-state index contributed by atoms with van der Waals surface area (Å²) in [7, 11) is -8.49. The molecule has 0 spiro atoms. The first-order valence-corrected chi connectivity index (χ1v) is 31.4. The van der Waals surface area contributed by atoms with Crippen LogP contribution in [0.4, 0.5) is 4.39 Å². The van der Waals surface area contributed by atoms with Gasteiger partial charge >= 0.3 is 0 Å². The molecule has 3 aromatic rings. The number of aliphatic hydroxyl groups is 1. The molecular formula is C36H57FO6SSi4. The average molecular weight is 749 g/mol. The molecule has 0 unspecified atom stereocenters. The molecular weight excluding hydrogens is 692 g/mol. The van der Waals surface area contributed by atoms with Gasteiger partial charge in [-0.2, -0.15) is 0 Å². The minimum absolute atomic E-state index is 0.243. The van der Waals surface area contributed by atoms with Gasteiger partial charge in [-0.3, -0.25) is 0 Å². The van der Waals surface area contributed by atoms with E-state index in [0.717, 1.165) is 21.6 Å². The van der Waals surface area contributed by atoms with Crippen molar-refractivity contribution in [1.82, 2.24) is 0 Å². The second-order valence-electron chi connectivity index (χ2n) is 16.9. The minimum atomic E-state index is -2.26. The lowest BCUT2D eigenvalue weighted by molar-refractivity contribution is -0.348. The van der Waals surface area contributed by atoms with E-state index in [-0.39, 0.29) is 5.82 Å². The highest BCUT2D eigenvalue weighted by atomic mass is 32.1. The summed E-state index contributed by atoms with van der Waals surface area (Å²) in [6, 6.07) is 16.9. The number of rotatable bonds is 13. The van der Waals surface area contributed by atoms with Gasteiger partial charge in [-0.1, -0.05) is 24.3 Å². The Balaban J connectivity index is 1.81. The Morgan fingerprint density at radius 2 is 1.33 bits per heavy atom. The lowest BCUT2D eigenvalue weighted by Crippen LogP contribution is -2.69. The van der Waals surface area contributed by atoms with Crippen LogP contribution in [-0.2, 0) is 34.6 Å². The zero-order valence-corrected chi connectivity index (χ0v) is 36.0. The molecule has 1 saturated heterocycles. The Morgan fingerprint density at radius 3 is 1.90 bits per heavy atom. The summed E-state index contributed by atoms with van der Waals surface area (Å²) >= 11 is 1.69. The first-order valence-electron chi connectivity index (χ1n) is 16.9. The largest absolute Gasteiger partial charge is 0.415 e. The summed E-state index contributed by atoms with van der Waals surface area (Å²) in [5.74, 6) is -2.05. The van der Waals surface area contributed by atoms with Crippen LogP contribution in [0.1, 0.15) is 21.6 Å². The number of hydrogen-bond donors (Lipinski definition) is 1. The Labute approximate surface area is 296 Å². The van der Waals surface area contributed by atoms with E-state index in [4.69, 9.17) is 22.4 Å². The van der Waals surface area contributed by atoms with Crippen molar-refractivity contribution >= 4 is 44.6 Å². The molecule has 5 atom stereocenters. The van der Waals surface area contributed by atoms with E-state index in [1.54, 1.807) is 11.3 Å². The second-order valence-corrected chi connectivity index (χ2v) is 36.0. The van der Waals surface area contributed by atoms with Crippen LogP contribution >= 0.6 is 11.3 Å².